The van der Waals surface area contributed by atoms with Gasteiger partial charge in [0.05, 0.1) is 17.7 Å². The Morgan fingerprint density at radius 3 is 2.94 bits per heavy atom. The Hall–Kier alpha value is -1.57. The molecule has 1 amide bonds. The number of nitrogens with zero attached hydrogens (tertiary/aromatic N) is 1. The molecule has 17 heavy (non-hydrogen) atoms. The first kappa shape index (κ1) is 11.9. The molecule has 1 unspecified atom stereocenters. The van der Waals surface area contributed by atoms with Gasteiger partial charge in [0, 0.05) is 6.54 Å². The van der Waals surface area contributed by atoms with Crippen LogP contribution in [-0.4, -0.2) is 42.6 Å². The predicted molar refractivity (Wildman–Crippen MR) is 62.1 cm³/mol. The predicted octanol–water partition coefficient (Wildman–Crippen LogP) is -0.844. The van der Waals surface area contributed by atoms with Gasteiger partial charge in [-0.1, -0.05) is 0 Å². The Morgan fingerprint density at radius 2 is 2.41 bits per heavy atom. The van der Waals surface area contributed by atoms with Gasteiger partial charge >= 0.3 is 0 Å². The number of rotatable bonds is 3. The van der Waals surface area contributed by atoms with Crippen LogP contribution in [0.2, 0.25) is 0 Å². The second-order valence-corrected chi connectivity index (χ2v) is 6.41. The highest BCUT2D eigenvalue weighted by Gasteiger charge is 2.28. The fourth-order valence-electron chi connectivity index (χ4n) is 1.84. The molecule has 1 aliphatic heterocycles. The molecule has 2 heterocycles. The molecule has 1 saturated heterocycles. The van der Waals surface area contributed by atoms with Crippen molar-refractivity contribution in [3.05, 3.63) is 11.8 Å². The molecule has 1 fully saturated rings. The van der Waals surface area contributed by atoms with Crippen molar-refractivity contribution in [3.8, 4) is 0 Å². The third-order valence-electron chi connectivity index (χ3n) is 2.79. The number of hydrogen-bond donors (Lipinski definition) is 3. The topological polar surface area (TPSA) is 118 Å². The zero-order valence-electron chi connectivity index (χ0n) is 9.14. The van der Waals surface area contributed by atoms with Crippen molar-refractivity contribution in [2.75, 3.05) is 23.8 Å². The SMILES string of the molecule is Nc1[nH]ncc1C(=O)NCC1CCS(=O)(=O)C1. The monoisotopic (exact) mass is 258 g/mol. The number of H-pyrrole nitrogens is 1. The molecule has 0 saturated carbocycles. The molecule has 0 radical (unpaired) electrons. The molecule has 0 spiro atoms. The number of hydrogen-bond acceptors (Lipinski definition) is 5. The summed E-state index contributed by atoms with van der Waals surface area (Å²) in [6, 6.07) is 0. The Balaban J connectivity index is 1.88. The molecule has 2 rings (SSSR count). The van der Waals surface area contributed by atoms with Crippen LogP contribution < -0.4 is 11.1 Å². The highest BCUT2D eigenvalue weighted by Crippen LogP contribution is 2.17. The number of amides is 1. The average Bonchev–Trinajstić information content (AvgIpc) is 2.81. The fourth-order valence-corrected chi connectivity index (χ4v) is 3.70. The maximum absolute atomic E-state index is 11.6. The molecular formula is C9H14N4O3S. The van der Waals surface area contributed by atoms with E-state index >= 15 is 0 Å². The van der Waals surface area contributed by atoms with Crippen LogP contribution in [0.25, 0.3) is 0 Å². The molecule has 0 aliphatic carbocycles. The minimum absolute atomic E-state index is 0.00271. The van der Waals surface area contributed by atoms with E-state index in [2.05, 4.69) is 15.5 Å². The highest BCUT2D eigenvalue weighted by molar-refractivity contribution is 7.91. The van der Waals surface area contributed by atoms with Crippen LogP contribution in [0.5, 0.6) is 0 Å². The van der Waals surface area contributed by atoms with Crippen LogP contribution in [0.1, 0.15) is 16.8 Å². The summed E-state index contributed by atoms with van der Waals surface area (Å²) in [5.74, 6) is 0.231. The van der Waals surface area contributed by atoms with Crippen molar-refractivity contribution < 1.29 is 13.2 Å². The van der Waals surface area contributed by atoms with Gasteiger partial charge in [-0.15, -0.1) is 0 Å². The van der Waals surface area contributed by atoms with Crippen LogP contribution in [0.4, 0.5) is 5.82 Å². The molecule has 0 bridgehead atoms. The molecule has 0 aromatic carbocycles. The zero-order valence-corrected chi connectivity index (χ0v) is 9.96. The summed E-state index contributed by atoms with van der Waals surface area (Å²) in [4.78, 5) is 11.6. The number of carbonyl (C=O) groups excluding carboxylic acids is 1. The van der Waals surface area contributed by atoms with E-state index in [0.717, 1.165) is 0 Å². The molecule has 7 nitrogen and oxygen atoms in total. The van der Waals surface area contributed by atoms with Gasteiger partial charge in [0.25, 0.3) is 5.91 Å². The summed E-state index contributed by atoms with van der Waals surface area (Å²) < 4.78 is 22.4. The number of carbonyl (C=O) groups is 1. The van der Waals surface area contributed by atoms with Crippen molar-refractivity contribution in [3.63, 3.8) is 0 Å². The molecule has 4 N–H and O–H groups in total. The minimum atomic E-state index is -2.90. The number of nitrogens with one attached hydrogen (secondary N) is 2. The number of anilines is 1. The van der Waals surface area contributed by atoms with E-state index in [1.165, 1.54) is 6.20 Å². The quantitative estimate of drug-likeness (QED) is 0.653. The van der Waals surface area contributed by atoms with Crippen LogP contribution in [-0.2, 0) is 9.84 Å². The number of aromatic amines is 1. The van der Waals surface area contributed by atoms with Crippen LogP contribution in [0, 0.1) is 5.92 Å². The van der Waals surface area contributed by atoms with Crippen molar-refractivity contribution in [1.29, 1.82) is 0 Å². The molecule has 1 aromatic heterocycles. The van der Waals surface area contributed by atoms with E-state index in [1.54, 1.807) is 0 Å². The number of aromatic nitrogens is 2. The standard InChI is InChI=1S/C9H14N4O3S/c10-8-7(4-12-13-8)9(14)11-3-6-1-2-17(15,16)5-6/h4,6H,1-3,5H2,(H,11,14)(H3,10,12,13). The van der Waals surface area contributed by atoms with E-state index in [4.69, 9.17) is 5.73 Å². The zero-order chi connectivity index (χ0) is 12.5. The van der Waals surface area contributed by atoms with Crippen molar-refractivity contribution in [1.82, 2.24) is 15.5 Å². The molecule has 1 aromatic rings. The maximum atomic E-state index is 11.6. The lowest BCUT2D eigenvalue weighted by Gasteiger charge is -2.08. The van der Waals surface area contributed by atoms with Gasteiger partial charge in [0.2, 0.25) is 0 Å². The van der Waals surface area contributed by atoms with Gasteiger partial charge in [0.15, 0.2) is 9.84 Å². The first-order valence-corrected chi connectivity index (χ1v) is 7.07. The summed E-state index contributed by atoms with van der Waals surface area (Å²) in [6.07, 6.45) is 1.94. The second kappa shape index (κ2) is 4.36. The summed E-state index contributed by atoms with van der Waals surface area (Å²) in [5.41, 5.74) is 5.78. The summed E-state index contributed by atoms with van der Waals surface area (Å²) in [5, 5.41) is 8.76. The minimum Gasteiger partial charge on any atom is -0.383 e. The van der Waals surface area contributed by atoms with Gasteiger partial charge < -0.3 is 11.1 Å². The first-order valence-electron chi connectivity index (χ1n) is 5.25. The number of nitrogen functional groups attached to an aromatic ring is 1. The normalized spacial score (nSPS) is 22.5. The lowest BCUT2D eigenvalue weighted by molar-refractivity contribution is 0.0949. The fraction of sp³-hybridized carbons (Fsp3) is 0.556. The third kappa shape index (κ3) is 2.76. The largest absolute Gasteiger partial charge is 0.383 e. The Morgan fingerprint density at radius 1 is 1.65 bits per heavy atom. The Labute approximate surface area is 98.7 Å². The molecule has 1 atom stereocenters. The van der Waals surface area contributed by atoms with E-state index in [0.29, 0.717) is 13.0 Å². The molecular weight excluding hydrogens is 244 g/mol. The molecule has 1 aliphatic rings. The van der Waals surface area contributed by atoms with Gasteiger partial charge in [-0.3, -0.25) is 9.89 Å². The van der Waals surface area contributed by atoms with E-state index in [-0.39, 0.29) is 34.7 Å². The smallest absolute Gasteiger partial charge is 0.256 e. The number of nitrogens with two attached hydrogens (primary N) is 1. The number of sulfone groups is 1. The second-order valence-electron chi connectivity index (χ2n) is 4.18. The lowest BCUT2D eigenvalue weighted by atomic mass is 10.1. The Kier molecular flexibility index (Phi) is 3.05. The molecule has 94 valence electrons. The molecule has 8 heteroatoms. The van der Waals surface area contributed by atoms with Gasteiger partial charge in [-0.25, -0.2) is 8.42 Å². The summed E-state index contributed by atoms with van der Waals surface area (Å²) in [6.45, 7) is 0.350. The average molecular weight is 258 g/mol. The highest BCUT2D eigenvalue weighted by atomic mass is 32.2. The Bertz CT molecular complexity index is 522. The van der Waals surface area contributed by atoms with Crippen molar-refractivity contribution >= 4 is 21.6 Å². The van der Waals surface area contributed by atoms with Crippen LogP contribution >= 0.6 is 0 Å². The van der Waals surface area contributed by atoms with Crippen molar-refractivity contribution in [2.24, 2.45) is 5.92 Å². The first-order chi connectivity index (χ1) is 7.98. The van der Waals surface area contributed by atoms with Gasteiger partial charge in [-0.05, 0) is 12.3 Å². The van der Waals surface area contributed by atoms with Gasteiger partial charge in [0.1, 0.15) is 11.4 Å². The van der Waals surface area contributed by atoms with E-state index in [1.807, 2.05) is 0 Å². The van der Waals surface area contributed by atoms with Crippen LogP contribution in [0.3, 0.4) is 0 Å². The summed E-state index contributed by atoms with van der Waals surface area (Å²) >= 11 is 0. The maximum Gasteiger partial charge on any atom is 0.256 e. The lowest BCUT2D eigenvalue weighted by Crippen LogP contribution is -2.30. The van der Waals surface area contributed by atoms with Crippen molar-refractivity contribution in [2.45, 2.75) is 6.42 Å². The summed E-state index contributed by atoms with van der Waals surface area (Å²) in [7, 11) is -2.90. The van der Waals surface area contributed by atoms with Gasteiger partial charge in [-0.2, -0.15) is 5.10 Å². The van der Waals surface area contributed by atoms with Crippen LogP contribution in [0.15, 0.2) is 6.20 Å². The third-order valence-corrected chi connectivity index (χ3v) is 4.63. The van der Waals surface area contributed by atoms with E-state index in [9.17, 15) is 13.2 Å². The van der Waals surface area contributed by atoms with E-state index < -0.39 is 9.84 Å².